The second-order valence-electron chi connectivity index (χ2n) is 7.85. The summed E-state index contributed by atoms with van der Waals surface area (Å²) in [5.74, 6) is -0.309. The van der Waals surface area contributed by atoms with Crippen LogP contribution < -0.4 is 9.47 Å². The molecule has 0 aliphatic heterocycles. The Morgan fingerprint density at radius 1 is 1.03 bits per heavy atom. The number of aromatic amines is 1. The van der Waals surface area contributed by atoms with E-state index in [2.05, 4.69) is 24.4 Å². The number of fused-ring (bicyclic) bond motifs is 1. The molecule has 208 valence electrons. The number of aliphatic hydroxyl groups is 2. The number of carbonyl (C=O) groups is 2. The molecule has 38 heavy (non-hydrogen) atoms. The summed E-state index contributed by atoms with van der Waals surface area (Å²) in [6, 6.07) is 5.50. The summed E-state index contributed by atoms with van der Waals surface area (Å²) in [4.78, 5) is 33.6. The van der Waals surface area contributed by atoms with E-state index in [9.17, 15) is 13.8 Å². The third kappa shape index (κ3) is 7.73. The van der Waals surface area contributed by atoms with Gasteiger partial charge in [0.05, 0.1) is 60.7 Å². The number of pyridine rings is 1. The number of benzene rings is 1. The van der Waals surface area contributed by atoms with Gasteiger partial charge in [0.15, 0.2) is 17.4 Å². The van der Waals surface area contributed by atoms with Gasteiger partial charge in [-0.2, -0.15) is 0 Å². The molecule has 2 heterocycles. The summed E-state index contributed by atoms with van der Waals surface area (Å²) >= 11 is 0. The molecule has 3 N–H and O–H groups in total. The quantitative estimate of drug-likeness (QED) is 0.314. The van der Waals surface area contributed by atoms with E-state index < -0.39 is 34.9 Å². The van der Waals surface area contributed by atoms with E-state index in [1.807, 2.05) is 32.0 Å². The van der Waals surface area contributed by atoms with E-state index in [1.165, 1.54) is 0 Å². The van der Waals surface area contributed by atoms with Gasteiger partial charge in [0.25, 0.3) is 0 Å². The lowest BCUT2D eigenvalue weighted by Gasteiger charge is -2.14. The van der Waals surface area contributed by atoms with Crippen LogP contribution in [0.4, 0.5) is 0 Å². The van der Waals surface area contributed by atoms with Crippen molar-refractivity contribution in [3.8, 4) is 11.5 Å². The van der Waals surface area contributed by atoms with Crippen molar-refractivity contribution in [2.75, 3.05) is 27.4 Å². The van der Waals surface area contributed by atoms with Crippen molar-refractivity contribution in [1.82, 2.24) is 15.0 Å². The van der Waals surface area contributed by atoms with Gasteiger partial charge in [-0.25, -0.2) is 14.6 Å². The number of carbonyl (C=O) groups excluding carboxylic acids is 2. The third-order valence-electron chi connectivity index (χ3n) is 5.26. The number of imidazole rings is 1. The maximum Gasteiger partial charge on any atom is 0.338 e. The standard InChI is InChI=1S/C17H19N3O3S.C8H14O6/c1-10-8-18-15(11(2)16(10)23-4)9-24(21)17-19-13-6-5-12(22-3)7-14(13)20-17;1-3-13-7(11)5(9)6(10)8(12)14-4-2/h5-8H,9H2,1-4H3,(H,19,20);5-6,9-10H,3-4H2,1-2H3/t24-;5-,6-/m01/s1. The Kier molecular flexibility index (Phi) is 11.6. The molecular formula is C25H33N3O9S. The monoisotopic (exact) mass is 551 g/mol. The summed E-state index contributed by atoms with van der Waals surface area (Å²) in [5.41, 5.74) is 4.16. The largest absolute Gasteiger partial charge is 0.497 e. The summed E-state index contributed by atoms with van der Waals surface area (Å²) < 4.78 is 32.1. The highest BCUT2D eigenvalue weighted by molar-refractivity contribution is 7.84. The molecule has 3 aromatic rings. The van der Waals surface area contributed by atoms with Crippen LogP contribution in [-0.2, 0) is 35.6 Å². The first-order chi connectivity index (χ1) is 18.1. The lowest BCUT2D eigenvalue weighted by Crippen LogP contribution is -2.41. The van der Waals surface area contributed by atoms with Gasteiger partial charge in [-0.05, 0) is 39.8 Å². The lowest BCUT2D eigenvalue weighted by molar-refractivity contribution is -0.172. The van der Waals surface area contributed by atoms with Crippen molar-refractivity contribution in [2.45, 2.75) is 50.8 Å². The molecule has 13 heteroatoms. The number of aromatic nitrogens is 3. The Morgan fingerprint density at radius 3 is 2.16 bits per heavy atom. The van der Waals surface area contributed by atoms with E-state index >= 15 is 0 Å². The number of H-pyrrole nitrogens is 1. The number of hydrogen-bond donors (Lipinski definition) is 3. The number of nitrogens with zero attached hydrogens (tertiary/aromatic N) is 2. The minimum Gasteiger partial charge on any atom is -0.497 e. The average molecular weight is 552 g/mol. The van der Waals surface area contributed by atoms with Crippen molar-refractivity contribution >= 4 is 33.8 Å². The number of hydrogen-bond acceptors (Lipinski definition) is 11. The van der Waals surface area contributed by atoms with Crippen LogP contribution in [0.25, 0.3) is 11.0 Å². The van der Waals surface area contributed by atoms with Crippen LogP contribution in [0.15, 0.2) is 29.6 Å². The number of esters is 2. The van der Waals surface area contributed by atoms with Gasteiger partial charge in [-0.1, -0.05) is 0 Å². The highest BCUT2D eigenvalue weighted by atomic mass is 32.2. The zero-order valence-electron chi connectivity index (χ0n) is 22.1. The van der Waals surface area contributed by atoms with Crippen molar-refractivity contribution in [3.05, 3.63) is 41.2 Å². The Bertz CT molecular complexity index is 1260. The minimum absolute atomic E-state index is 0.0610. The molecule has 0 bridgehead atoms. The van der Waals surface area contributed by atoms with Crippen LogP contribution in [-0.4, -0.2) is 81.0 Å². The maximum absolute atomic E-state index is 12.7. The highest BCUT2D eigenvalue weighted by Crippen LogP contribution is 2.26. The lowest BCUT2D eigenvalue weighted by atomic mass is 10.1. The number of rotatable bonds is 10. The van der Waals surface area contributed by atoms with Gasteiger partial charge in [0.1, 0.15) is 11.5 Å². The molecule has 0 aliphatic rings. The normalized spacial score (nSPS) is 13.1. The number of methoxy groups -OCH3 is 2. The SMILES string of the molecule is CCOC(=O)[C@H](O)[C@@H](O)C(=O)OCC.COc1ccc2nc([S@@](=O)Cc3ncc(C)c(OC)c3C)[nH]c2c1. The summed E-state index contributed by atoms with van der Waals surface area (Å²) in [5, 5.41) is 18.6. The van der Waals surface area contributed by atoms with E-state index in [0.717, 1.165) is 39.4 Å². The molecule has 0 amide bonds. The molecule has 0 saturated carbocycles. The third-order valence-corrected chi connectivity index (χ3v) is 6.42. The van der Waals surface area contributed by atoms with Crippen LogP contribution in [0.3, 0.4) is 0 Å². The first-order valence-electron chi connectivity index (χ1n) is 11.7. The molecule has 1 aromatic carbocycles. The van der Waals surface area contributed by atoms with E-state index in [1.54, 1.807) is 34.3 Å². The Morgan fingerprint density at radius 2 is 1.63 bits per heavy atom. The van der Waals surface area contributed by atoms with Crippen LogP contribution in [0.5, 0.6) is 11.5 Å². The Hall–Kier alpha value is -3.55. The van der Waals surface area contributed by atoms with E-state index in [-0.39, 0.29) is 19.0 Å². The van der Waals surface area contributed by atoms with Crippen molar-refractivity contribution in [1.29, 1.82) is 0 Å². The fourth-order valence-corrected chi connectivity index (χ4v) is 4.42. The highest BCUT2D eigenvalue weighted by Gasteiger charge is 2.32. The maximum atomic E-state index is 12.7. The zero-order valence-corrected chi connectivity index (χ0v) is 23.0. The molecule has 0 fully saturated rings. The second kappa shape index (κ2) is 14.4. The molecule has 0 saturated heterocycles. The Balaban J connectivity index is 0.000000312. The summed E-state index contributed by atoms with van der Waals surface area (Å²) in [7, 11) is 1.91. The van der Waals surface area contributed by atoms with Crippen molar-refractivity contribution in [2.24, 2.45) is 0 Å². The van der Waals surface area contributed by atoms with Crippen LogP contribution in [0.1, 0.15) is 30.7 Å². The molecule has 0 unspecified atom stereocenters. The molecule has 12 nitrogen and oxygen atoms in total. The van der Waals surface area contributed by atoms with Crippen LogP contribution in [0.2, 0.25) is 0 Å². The fraction of sp³-hybridized carbons (Fsp3) is 0.440. The van der Waals surface area contributed by atoms with Gasteiger partial charge >= 0.3 is 11.9 Å². The van der Waals surface area contributed by atoms with Gasteiger partial charge in [0.2, 0.25) is 0 Å². The number of aliphatic hydroxyl groups excluding tert-OH is 2. The molecule has 0 spiro atoms. The predicted octanol–water partition coefficient (Wildman–Crippen LogP) is 1.73. The van der Waals surface area contributed by atoms with E-state index in [0.29, 0.717) is 5.16 Å². The summed E-state index contributed by atoms with van der Waals surface area (Å²) in [6.07, 6.45) is -2.05. The Labute approximate surface area is 222 Å². The number of aryl methyl sites for hydroxylation is 1. The second-order valence-corrected chi connectivity index (χ2v) is 9.22. The zero-order chi connectivity index (χ0) is 28.4. The van der Waals surface area contributed by atoms with Gasteiger partial charge in [0, 0.05) is 23.4 Å². The van der Waals surface area contributed by atoms with Crippen molar-refractivity contribution < 1.29 is 43.0 Å². The first-order valence-corrected chi connectivity index (χ1v) is 13.0. The molecular weight excluding hydrogens is 518 g/mol. The molecule has 3 rings (SSSR count). The van der Waals surface area contributed by atoms with Crippen LogP contribution >= 0.6 is 0 Å². The number of nitrogens with one attached hydrogen (secondary N) is 1. The number of ether oxygens (including phenoxy) is 4. The molecule has 0 aliphatic carbocycles. The first kappa shape index (κ1) is 30.7. The molecule has 0 radical (unpaired) electrons. The average Bonchev–Trinajstić information content (AvgIpc) is 3.34. The van der Waals surface area contributed by atoms with Gasteiger partial charge < -0.3 is 34.1 Å². The minimum atomic E-state index is -1.89. The van der Waals surface area contributed by atoms with Crippen molar-refractivity contribution in [3.63, 3.8) is 0 Å². The molecule has 2 aromatic heterocycles. The smallest absolute Gasteiger partial charge is 0.338 e. The van der Waals surface area contributed by atoms with Gasteiger partial charge in [-0.15, -0.1) is 0 Å². The topological polar surface area (TPSA) is 170 Å². The van der Waals surface area contributed by atoms with E-state index in [4.69, 9.17) is 19.7 Å². The fourth-order valence-electron chi connectivity index (χ4n) is 3.32. The predicted molar refractivity (Wildman–Crippen MR) is 138 cm³/mol. The molecule has 3 atom stereocenters. The van der Waals surface area contributed by atoms with Crippen LogP contribution in [0, 0.1) is 13.8 Å². The van der Waals surface area contributed by atoms with Gasteiger partial charge in [-0.3, -0.25) is 9.19 Å². The summed E-state index contributed by atoms with van der Waals surface area (Å²) in [6.45, 7) is 7.07.